The second kappa shape index (κ2) is 8.74. The maximum Gasteiger partial charge on any atom is 0.233 e. The summed E-state index contributed by atoms with van der Waals surface area (Å²) in [5.41, 5.74) is 3.11. The maximum absolute atomic E-state index is 13.9. The second-order valence-corrected chi connectivity index (χ2v) is 7.03. The summed E-state index contributed by atoms with van der Waals surface area (Å²) >= 11 is 0. The number of carbonyl (C=O) groups is 1. The molecule has 0 fully saturated rings. The van der Waals surface area contributed by atoms with Crippen LogP contribution >= 0.6 is 0 Å². The summed E-state index contributed by atoms with van der Waals surface area (Å²) in [6.45, 7) is 1.98. The maximum atomic E-state index is 13.9. The van der Waals surface area contributed by atoms with Crippen molar-refractivity contribution < 1.29 is 9.18 Å². The van der Waals surface area contributed by atoms with Gasteiger partial charge >= 0.3 is 0 Å². The van der Waals surface area contributed by atoms with Gasteiger partial charge in [-0.15, -0.1) is 0 Å². The number of nitrogens with zero attached hydrogens (tertiary/aromatic N) is 2. The third kappa shape index (κ3) is 4.15. The van der Waals surface area contributed by atoms with Crippen LogP contribution in [0.2, 0.25) is 0 Å². The Morgan fingerprint density at radius 2 is 1.67 bits per heavy atom. The van der Waals surface area contributed by atoms with Gasteiger partial charge in [0.2, 0.25) is 5.91 Å². The van der Waals surface area contributed by atoms with Gasteiger partial charge in [-0.1, -0.05) is 73.7 Å². The summed E-state index contributed by atoms with van der Waals surface area (Å²) in [6.07, 6.45) is 0.662. The number of nitrogens with one attached hydrogen (secondary N) is 1. The molecular formula is C25H22FN3O. The predicted molar refractivity (Wildman–Crippen MR) is 117 cm³/mol. The Hall–Kier alpha value is -3.73. The van der Waals surface area contributed by atoms with Crippen LogP contribution in [0.1, 0.15) is 24.8 Å². The minimum Gasteiger partial charge on any atom is -0.310 e. The van der Waals surface area contributed by atoms with E-state index in [2.05, 4.69) is 10.4 Å². The van der Waals surface area contributed by atoms with E-state index in [0.717, 1.165) is 11.1 Å². The zero-order valence-corrected chi connectivity index (χ0v) is 16.6. The van der Waals surface area contributed by atoms with Crippen molar-refractivity contribution in [1.29, 1.82) is 0 Å². The van der Waals surface area contributed by atoms with Gasteiger partial charge in [-0.2, -0.15) is 5.10 Å². The van der Waals surface area contributed by atoms with Gasteiger partial charge in [0.1, 0.15) is 11.6 Å². The quantitative estimate of drug-likeness (QED) is 0.445. The van der Waals surface area contributed by atoms with E-state index in [1.807, 2.05) is 73.7 Å². The molecule has 0 saturated carbocycles. The van der Waals surface area contributed by atoms with Crippen molar-refractivity contribution in [2.45, 2.75) is 19.3 Å². The van der Waals surface area contributed by atoms with Crippen LogP contribution in [0.15, 0.2) is 91.0 Å². The number of amides is 1. The first-order valence-corrected chi connectivity index (χ1v) is 9.93. The van der Waals surface area contributed by atoms with E-state index in [1.54, 1.807) is 16.8 Å². The lowest BCUT2D eigenvalue weighted by Crippen LogP contribution is -2.22. The van der Waals surface area contributed by atoms with Crippen LogP contribution in [0.4, 0.5) is 10.2 Å². The van der Waals surface area contributed by atoms with E-state index in [-0.39, 0.29) is 17.6 Å². The molecule has 3 aromatic carbocycles. The molecular weight excluding hydrogens is 377 g/mol. The smallest absolute Gasteiger partial charge is 0.233 e. The van der Waals surface area contributed by atoms with Crippen LogP contribution < -0.4 is 5.32 Å². The fourth-order valence-corrected chi connectivity index (χ4v) is 3.50. The summed E-state index contributed by atoms with van der Waals surface area (Å²) in [6, 6.07) is 27.3. The van der Waals surface area contributed by atoms with Crippen molar-refractivity contribution in [3.8, 4) is 16.9 Å². The molecule has 1 heterocycles. The van der Waals surface area contributed by atoms with E-state index >= 15 is 0 Å². The van der Waals surface area contributed by atoms with E-state index < -0.39 is 0 Å². The third-order valence-electron chi connectivity index (χ3n) is 5.01. The van der Waals surface area contributed by atoms with Gasteiger partial charge in [0, 0.05) is 11.6 Å². The van der Waals surface area contributed by atoms with Gasteiger partial charge in [-0.05, 0) is 30.2 Å². The number of anilines is 1. The minimum absolute atomic E-state index is 0.124. The molecule has 0 radical (unpaired) electrons. The molecule has 0 aliphatic heterocycles. The molecule has 0 unspecified atom stereocenters. The number of carbonyl (C=O) groups excluding carboxylic acids is 1. The lowest BCUT2D eigenvalue weighted by Gasteiger charge is -2.16. The van der Waals surface area contributed by atoms with E-state index in [4.69, 9.17) is 0 Å². The highest BCUT2D eigenvalue weighted by molar-refractivity contribution is 5.95. The summed E-state index contributed by atoms with van der Waals surface area (Å²) < 4.78 is 15.4. The standard InChI is InChI=1S/C25H22FN3O/c1-2-22(18-10-5-3-6-11-18)25(30)27-24-17-23(19-12-7-4-8-13-19)28-29(24)21-15-9-14-20(26)16-21/h3-17,22H,2H2,1H3,(H,27,30)/t22-/m1/s1. The fraction of sp³-hybridized carbons (Fsp3) is 0.120. The van der Waals surface area contributed by atoms with Crippen molar-refractivity contribution in [3.63, 3.8) is 0 Å². The molecule has 0 aliphatic rings. The van der Waals surface area contributed by atoms with E-state index in [9.17, 15) is 9.18 Å². The van der Waals surface area contributed by atoms with Crippen LogP contribution in [0.3, 0.4) is 0 Å². The molecule has 4 nitrogen and oxygen atoms in total. The average molecular weight is 399 g/mol. The lowest BCUT2D eigenvalue weighted by molar-refractivity contribution is -0.117. The van der Waals surface area contributed by atoms with Crippen molar-refractivity contribution in [2.24, 2.45) is 0 Å². The van der Waals surface area contributed by atoms with Gasteiger partial charge < -0.3 is 5.32 Å². The Kier molecular flexibility index (Phi) is 5.70. The molecule has 0 aliphatic carbocycles. The summed E-state index contributed by atoms with van der Waals surface area (Å²) in [7, 11) is 0. The number of rotatable bonds is 6. The topological polar surface area (TPSA) is 46.9 Å². The third-order valence-corrected chi connectivity index (χ3v) is 5.01. The van der Waals surface area contributed by atoms with Crippen LogP contribution in [0.25, 0.3) is 16.9 Å². The number of hydrogen-bond donors (Lipinski definition) is 1. The average Bonchev–Trinajstić information content (AvgIpc) is 3.19. The zero-order valence-electron chi connectivity index (χ0n) is 16.6. The highest BCUT2D eigenvalue weighted by Gasteiger charge is 2.21. The van der Waals surface area contributed by atoms with Crippen molar-refractivity contribution in [2.75, 3.05) is 5.32 Å². The van der Waals surface area contributed by atoms with E-state index in [0.29, 0.717) is 23.6 Å². The summed E-state index contributed by atoms with van der Waals surface area (Å²) in [5, 5.41) is 7.65. The van der Waals surface area contributed by atoms with Gasteiger partial charge in [-0.3, -0.25) is 4.79 Å². The second-order valence-electron chi connectivity index (χ2n) is 7.03. The Balaban J connectivity index is 1.72. The highest BCUT2D eigenvalue weighted by Crippen LogP contribution is 2.27. The number of aromatic nitrogens is 2. The van der Waals surface area contributed by atoms with Gasteiger partial charge in [0.05, 0.1) is 17.3 Å². The number of benzene rings is 3. The normalized spacial score (nSPS) is 11.8. The SMILES string of the molecule is CC[C@@H](C(=O)Nc1cc(-c2ccccc2)nn1-c1cccc(F)c1)c1ccccc1. The molecule has 0 saturated heterocycles. The van der Waals surface area contributed by atoms with Crippen LogP contribution in [0, 0.1) is 5.82 Å². The Bertz CT molecular complexity index is 1140. The van der Waals surface area contributed by atoms with Crippen LogP contribution in [-0.2, 0) is 4.79 Å². The van der Waals surface area contributed by atoms with Gasteiger partial charge in [-0.25, -0.2) is 9.07 Å². The highest BCUT2D eigenvalue weighted by atomic mass is 19.1. The number of hydrogen-bond acceptors (Lipinski definition) is 2. The lowest BCUT2D eigenvalue weighted by atomic mass is 9.96. The Morgan fingerprint density at radius 3 is 2.33 bits per heavy atom. The zero-order chi connectivity index (χ0) is 20.9. The van der Waals surface area contributed by atoms with Crippen molar-refractivity contribution in [3.05, 3.63) is 102 Å². The molecule has 1 N–H and O–H groups in total. The molecule has 30 heavy (non-hydrogen) atoms. The Labute approximate surface area is 175 Å². The minimum atomic E-state index is -0.364. The van der Waals surface area contributed by atoms with Crippen molar-refractivity contribution >= 4 is 11.7 Å². The summed E-state index contributed by atoms with van der Waals surface area (Å²) in [5.74, 6) is -0.279. The molecule has 1 aromatic heterocycles. The molecule has 0 spiro atoms. The molecule has 0 bridgehead atoms. The van der Waals surface area contributed by atoms with Crippen LogP contribution in [-0.4, -0.2) is 15.7 Å². The monoisotopic (exact) mass is 399 g/mol. The predicted octanol–water partition coefficient (Wildman–Crippen LogP) is 5.81. The largest absolute Gasteiger partial charge is 0.310 e. The molecule has 1 amide bonds. The van der Waals surface area contributed by atoms with Crippen LogP contribution in [0.5, 0.6) is 0 Å². The fourth-order valence-electron chi connectivity index (χ4n) is 3.50. The first kappa shape index (κ1) is 19.6. The molecule has 150 valence electrons. The van der Waals surface area contributed by atoms with Crippen molar-refractivity contribution in [1.82, 2.24) is 9.78 Å². The molecule has 1 atom stereocenters. The first-order chi connectivity index (χ1) is 14.7. The first-order valence-electron chi connectivity index (χ1n) is 9.93. The van der Waals surface area contributed by atoms with Gasteiger partial charge in [0.15, 0.2) is 0 Å². The molecule has 5 heteroatoms. The molecule has 4 aromatic rings. The number of halogens is 1. The van der Waals surface area contributed by atoms with Gasteiger partial charge in [0.25, 0.3) is 0 Å². The molecule has 4 rings (SSSR count). The Morgan fingerprint density at radius 1 is 0.967 bits per heavy atom. The van der Waals surface area contributed by atoms with E-state index in [1.165, 1.54) is 12.1 Å². The summed E-state index contributed by atoms with van der Waals surface area (Å²) in [4.78, 5) is 13.1.